The fraction of sp³-hybridized carbons (Fsp3) is 0.0667. The fourth-order valence-corrected chi connectivity index (χ4v) is 2.52. The third kappa shape index (κ3) is 1.78. The number of rotatable bonds is 1. The number of furan rings is 1. The number of para-hydroxylation sites is 1. The van der Waals surface area contributed by atoms with Crippen LogP contribution < -0.4 is 0 Å². The first-order chi connectivity index (χ1) is 10.6. The van der Waals surface area contributed by atoms with Gasteiger partial charge in [-0.1, -0.05) is 12.1 Å². The number of fused-ring (bicyclic) bond motifs is 2. The SMILES string of the molecule is FC(F)(F)c1nc(-c2cccc3ccoc23)c2cnccn12. The highest BCUT2D eigenvalue weighted by Gasteiger charge is 2.37. The Hall–Kier alpha value is -2.83. The van der Waals surface area contributed by atoms with Crippen molar-refractivity contribution in [1.82, 2.24) is 14.4 Å². The zero-order chi connectivity index (χ0) is 15.3. The molecule has 0 unspecified atom stereocenters. The smallest absolute Gasteiger partial charge is 0.450 e. The molecule has 0 aliphatic heterocycles. The monoisotopic (exact) mass is 303 g/mol. The summed E-state index contributed by atoms with van der Waals surface area (Å²) >= 11 is 0. The van der Waals surface area contributed by atoms with E-state index in [2.05, 4.69) is 9.97 Å². The Bertz CT molecular complexity index is 984. The summed E-state index contributed by atoms with van der Waals surface area (Å²) < 4.78 is 45.9. The van der Waals surface area contributed by atoms with E-state index in [4.69, 9.17) is 4.42 Å². The van der Waals surface area contributed by atoms with Gasteiger partial charge in [0.25, 0.3) is 0 Å². The maximum absolute atomic E-state index is 13.2. The molecule has 0 amide bonds. The van der Waals surface area contributed by atoms with E-state index in [1.165, 1.54) is 24.9 Å². The topological polar surface area (TPSA) is 43.3 Å². The summed E-state index contributed by atoms with van der Waals surface area (Å²) in [4.78, 5) is 7.70. The highest BCUT2D eigenvalue weighted by atomic mass is 19.4. The Kier molecular flexibility index (Phi) is 2.53. The molecule has 3 aromatic heterocycles. The van der Waals surface area contributed by atoms with E-state index in [1.807, 2.05) is 6.07 Å². The molecule has 0 saturated heterocycles. The maximum Gasteiger partial charge on any atom is 0.450 e. The Morgan fingerprint density at radius 3 is 2.82 bits per heavy atom. The minimum absolute atomic E-state index is 0.195. The molecule has 1 aromatic carbocycles. The van der Waals surface area contributed by atoms with Gasteiger partial charge in [0.05, 0.1) is 18.0 Å². The molecule has 0 spiro atoms. The second-order valence-corrected chi connectivity index (χ2v) is 4.76. The number of nitrogens with zero attached hydrogens (tertiary/aromatic N) is 3. The van der Waals surface area contributed by atoms with Crippen molar-refractivity contribution in [2.45, 2.75) is 6.18 Å². The molecular weight excluding hydrogens is 295 g/mol. The highest BCUT2D eigenvalue weighted by molar-refractivity contribution is 5.95. The van der Waals surface area contributed by atoms with E-state index in [9.17, 15) is 13.2 Å². The molecule has 4 nitrogen and oxygen atoms in total. The first-order valence-electron chi connectivity index (χ1n) is 6.41. The van der Waals surface area contributed by atoms with Gasteiger partial charge in [0.15, 0.2) is 0 Å². The first-order valence-corrected chi connectivity index (χ1v) is 6.41. The van der Waals surface area contributed by atoms with Crippen molar-refractivity contribution in [2.75, 3.05) is 0 Å². The van der Waals surface area contributed by atoms with Crippen LogP contribution in [0.25, 0.3) is 27.7 Å². The Morgan fingerprint density at radius 2 is 2.00 bits per heavy atom. The summed E-state index contributed by atoms with van der Waals surface area (Å²) in [6, 6.07) is 7.01. The normalized spacial score (nSPS) is 12.3. The Morgan fingerprint density at radius 1 is 1.14 bits per heavy atom. The summed E-state index contributed by atoms with van der Waals surface area (Å²) in [5.74, 6) is -0.983. The van der Waals surface area contributed by atoms with Crippen molar-refractivity contribution in [3.63, 3.8) is 0 Å². The quantitative estimate of drug-likeness (QED) is 0.530. The molecule has 0 aliphatic carbocycles. The third-order valence-corrected chi connectivity index (χ3v) is 3.43. The van der Waals surface area contributed by atoms with Crippen molar-refractivity contribution in [3.05, 3.63) is 54.9 Å². The molecule has 0 atom stereocenters. The van der Waals surface area contributed by atoms with Crippen LogP contribution >= 0.6 is 0 Å². The van der Waals surface area contributed by atoms with E-state index >= 15 is 0 Å². The lowest BCUT2D eigenvalue weighted by Crippen LogP contribution is -2.10. The molecular formula is C15H8F3N3O. The first kappa shape index (κ1) is 12.9. The van der Waals surface area contributed by atoms with E-state index in [-0.39, 0.29) is 11.2 Å². The van der Waals surface area contributed by atoms with Crippen LogP contribution in [-0.4, -0.2) is 14.4 Å². The van der Waals surface area contributed by atoms with Gasteiger partial charge in [-0.2, -0.15) is 13.2 Å². The van der Waals surface area contributed by atoms with Gasteiger partial charge in [0.1, 0.15) is 11.3 Å². The molecule has 0 fully saturated rings. The van der Waals surface area contributed by atoms with Crippen molar-refractivity contribution < 1.29 is 17.6 Å². The average molecular weight is 303 g/mol. The second kappa shape index (κ2) is 4.33. The lowest BCUT2D eigenvalue weighted by Gasteiger charge is -2.03. The summed E-state index contributed by atoms with van der Waals surface area (Å²) in [5.41, 5.74) is 1.48. The van der Waals surface area contributed by atoms with Gasteiger partial charge in [0, 0.05) is 23.3 Å². The number of alkyl halides is 3. The summed E-state index contributed by atoms with van der Waals surface area (Å²) in [6.45, 7) is 0. The molecule has 0 N–H and O–H groups in total. The van der Waals surface area contributed by atoms with Gasteiger partial charge >= 0.3 is 6.18 Å². The minimum atomic E-state index is -4.56. The van der Waals surface area contributed by atoms with Crippen molar-refractivity contribution in [1.29, 1.82) is 0 Å². The molecule has 0 aliphatic rings. The molecule has 0 bridgehead atoms. The van der Waals surface area contributed by atoms with E-state index in [0.717, 1.165) is 9.79 Å². The van der Waals surface area contributed by atoms with Crippen LogP contribution in [0.4, 0.5) is 13.2 Å². The largest absolute Gasteiger partial charge is 0.464 e. The molecule has 4 aromatic rings. The molecule has 110 valence electrons. The van der Waals surface area contributed by atoms with Crippen LogP contribution in [0, 0.1) is 0 Å². The highest BCUT2D eigenvalue weighted by Crippen LogP contribution is 2.36. The number of benzene rings is 1. The Balaban J connectivity index is 2.10. The summed E-state index contributed by atoms with van der Waals surface area (Å²) in [5, 5.41) is 0.802. The van der Waals surface area contributed by atoms with Gasteiger partial charge in [-0.25, -0.2) is 4.98 Å². The summed E-state index contributed by atoms with van der Waals surface area (Å²) in [6.07, 6.45) is 0.840. The minimum Gasteiger partial charge on any atom is -0.464 e. The van der Waals surface area contributed by atoms with E-state index < -0.39 is 12.0 Å². The lowest BCUT2D eigenvalue weighted by molar-refractivity contribution is -0.145. The standard InChI is InChI=1S/C15H8F3N3O/c16-15(17,18)14-20-12(11-8-19-5-6-21(11)14)10-3-1-2-9-4-7-22-13(9)10/h1-8H. The summed E-state index contributed by atoms with van der Waals surface area (Å²) in [7, 11) is 0. The maximum atomic E-state index is 13.2. The van der Waals surface area contributed by atoms with Crippen LogP contribution in [0.3, 0.4) is 0 Å². The molecule has 3 heterocycles. The molecule has 0 radical (unpaired) electrons. The van der Waals surface area contributed by atoms with Crippen LogP contribution in [0.2, 0.25) is 0 Å². The number of imidazole rings is 1. The van der Waals surface area contributed by atoms with Crippen molar-refractivity contribution >= 4 is 16.5 Å². The van der Waals surface area contributed by atoms with Gasteiger partial charge in [-0.3, -0.25) is 9.38 Å². The zero-order valence-corrected chi connectivity index (χ0v) is 11.0. The van der Waals surface area contributed by atoms with Crippen molar-refractivity contribution in [3.8, 4) is 11.3 Å². The second-order valence-electron chi connectivity index (χ2n) is 4.76. The predicted octanol–water partition coefficient (Wildman–Crippen LogP) is 4.16. The van der Waals surface area contributed by atoms with Crippen LogP contribution in [0.5, 0.6) is 0 Å². The number of aromatic nitrogens is 3. The van der Waals surface area contributed by atoms with Gasteiger partial charge in [-0.15, -0.1) is 0 Å². The van der Waals surface area contributed by atoms with Crippen LogP contribution in [0.1, 0.15) is 5.82 Å². The van der Waals surface area contributed by atoms with Crippen LogP contribution in [-0.2, 0) is 6.18 Å². The zero-order valence-electron chi connectivity index (χ0n) is 11.0. The fourth-order valence-electron chi connectivity index (χ4n) is 2.52. The average Bonchev–Trinajstić information content (AvgIpc) is 3.10. The molecule has 7 heteroatoms. The van der Waals surface area contributed by atoms with Crippen LogP contribution in [0.15, 0.2) is 53.5 Å². The Labute approximate surface area is 121 Å². The predicted molar refractivity (Wildman–Crippen MR) is 73.2 cm³/mol. The van der Waals surface area contributed by atoms with Gasteiger partial charge < -0.3 is 4.42 Å². The molecule has 4 rings (SSSR count). The number of halogens is 3. The van der Waals surface area contributed by atoms with E-state index in [1.54, 1.807) is 18.2 Å². The molecule has 0 saturated carbocycles. The third-order valence-electron chi connectivity index (χ3n) is 3.43. The van der Waals surface area contributed by atoms with Gasteiger partial charge in [0.2, 0.25) is 5.82 Å². The van der Waals surface area contributed by atoms with Gasteiger partial charge in [-0.05, 0) is 12.1 Å². The molecule has 22 heavy (non-hydrogen) atoms. The number of hydrogen-bond acceptors (Lipinski definition) is 3. The van der Waals surface area contributed by atoms with E-state index in [0.29, 0.717) is 11.1 Å². The number of hydrogen-bond donors (Lipinski definition) is 0. The van der Waals surface area contributed by atoms with Crippen molar-refractivity contribution in [2.24, 2.45) is 0 Å². The lowest BCUT2D eigenvalue weighted by atomic mass is 10.1.